The Bertz CT molecular complexity index is 664. The third-order valence-corrected chi connectivity index (χ3v) is 4.20. The predicted octanol–water partition coefficient (Wildman–Crippen LogP) is 2.06. The highest BCUT2D eigenvalue weighted by atomic mass is 35.5. The fourth-order valence-corrected chi connectivity index (χ4v) is 2.89. The quantitative estimate of drug-likeness (QED) is 0.741. The molecule has 8 heteroatoms. The molecule has 0 radical (unpaired) electrons. The predicted molar refractivity (Wildman–Crippen MR) is 97.7 cm³/mol. The molecule has 2 aromatic rings. The van der Waals surface area contributed by atoms with Crippen LogP contribution < -0.4 is 20.5 Å². The molecule has 2 rings (SSSR count). The first kappa shape index (κ1) is 20.2. The van der Waals surface area contributed by atoms with Crippen molar-refractivity contribution < 1.29 is 14.3 Å². The molecule has 3 N–H and O–H groups in total. The van der Waals surface area contributed by atoms with Gasteiger partial charge in [0.05, 0.1) is 19.2 Å². The van der Waals surface area contributed by atoms with E-state index in [4.69, 9.17) is 15.2 Å². The Kier molecular flexibility index (Phi) is 8.53. The number of ether oxygens (including phenoxy) is 2. The van der Waals surface area contributed by atoms with E-state index < -0.39 is 0 Å². The van der Waals surface area contributed by atoms with Crippen molar-refractivity contribution in [2.45, 2.75) is 12.8 Å². The largest absolute Gasteiger partial charge is 0.493 e. The summed E-state index contributed by atoms with van der Waals surface area (Å²) in [6, 6.07) is 5.72. The van der Waals surface area contributed by atoms with Crippen molar-refractivity contribution in [1.29, 1.82) is 0 Å². The number of carbonyl (C=O) groups excluding carboxylic acids is 1. The van der Waals surface area contributed by atoms with Crippen LogP contribution in [0.1, 0.15) is 21.1 Å². The molecule has 0 aliphatic rings. The van der Waals surface area contributed by atoms with Gasteiger partial charge in [0.15, 0.2) is 11.5 Å². The number of benzene rings is 1. The molecule has 0 spiro atoms. The highest BCUT2D eigenvalue weighted by Gasteiger charge is 2.10. The summed E-state index contributed by atoms with van der Waals surface area (Å²) < 4.78 is 10.5. The average molecular weight is 372 g/mol. The number of carbonyl (C=O) groups is 1. The number of hydrogen-bond donors (Lipinski definition) is 2. The van der Waals surface area contributed by atoms with Gasteiger partial charge in [0.25, 0.3) is 5.91 Å². The minimum Gasteiger partial charge on any atom is -0.493 e. The van der Waals surface area contributed by atoms with Crippen LogP contribution in [0, 0.1) is 0 Å². The molecule has 1 aromatic heterocycles. The first-order valence-corrected chi connectivity index (χ1v) is 8.19. The van der Waals surface area contributed by atoms with Gasteiger partial charge in [-0.1, -0.05) is 6.07 Å². The lowest BCUT2D eigenvalue weighted by Crippen LogP contribution is -2.26. The van der Waals surface area contributed by atoms with Crippen LogP contribution in [-0.4, -0.2) is 38.2 Å². The zero-order valence-corrected chi connectivity index (χ0v) is 15.3. The average Bonchev–Trinajstić information content (AvgIpc) is 3.03. The molecule has 1 heterocycles. The van der Waals surface area contributed by atoms with Gasteiger partial charge in [0.1, 0.15) is 5.69 Å². The van der Waals surface area contributed by atoms with Crippen LogP contribution in [0.4, 0.5) is 0 Å². The summed E-state index contributed by atoms with van der Waals surface area (Å²) in [6.45, 7) is 1.06. The van der Waals surface area contributed by atoms with Crippen LogP contribution in [-0.2, 0) is 12.8 Å². The lowest BCUT2D eigenvalue weighted by molar-refractivity contribution is 0.0949. The van der Waals surface area contributed by atoms with E-state index in [2.05, 4.69) is 10.3 Å². The normalized spacial score (nSPS) is 9.96. The molecule has 6 nitrogen and oxygen atoms in total. The summed E-state index contributed by atoms with van der Waals surface area (Å²) in [4.78, 5) is 16.3. The van der Waals surface area contributed by atoms with E-state index in [1.165, 1.54) is 11.3 Å². The number of nitrogens with two attached hydrogens (primary N) is 1. The van der Waals surface area contributed by atoms with Crippen LogP contribution in [0.5, 0.6) is 11.5 Å². The molecule has 0 bridgehead atoms. The molecule has 132 valence electrons. The highest BCUT2D eigenvalue weighted by Crippen LogP contribution is 2.27. The lowest BCUT2D eigenvalue weighted by atomic mass is 10.1. The molecular weight excluding hydrogens is 350 g/mol. The number of thiazole rings is 1. The van der Waals surface area contributed by atoms with Gasteiger partial charge in [-0.3, -0.25) is 4.79 Å². The van der Waals surface area contributed by atoms with Gasteiger partial charge in [-0.2, -0.15) is 0 Å². The number of nitrogens with one attached hydrogen (secondary N) is 1. The monoisotopic (exact) mass is 371 g/mol. The molecule has 24 heavy (non-hydrogen) atoms. The number of nitrogens with zero attached hydrogens (tertiary/aromatic N) is 1. The molecule has 0 aliphatic heterocycles. The van der Waals surface area contributed by atoms with E-state index >= 15 is 0 Å². The Morgan fingerprint density at radius 3 is 2.67 bits per heavy atom. The summed E-state index contributed by atoms with van der Waals surface area (Å²) in [6.07, 6.45) is 1.40. The van der Waals surface area contributed by atoms with Gasteiger partial charge < -0.3 is 20.5 Å². The fourth-order valence-electron chi connectivity index (χ4n) is 2.10. The van der Waals surface area contributed by atoms with Crippen LogP contribution in [0.25, 0.3) is 0 Å². The van der Waals surface area contributed by atoms with E-state index in [1.807, 2.05) is 18.2 Å². The number of hydrogen-bond acceptors (Lipinski definition) is 6. The minimum atomic E-state index is -0.162. The second-order valence-electron chi connectivity index (χ2n) is 4.86. The zero-order valence-electron chi connectivity index (χ0n) is 13.7. The number of amides is 1. The number of methoxy groups -OCH3 is 2. The van der Waals surface area contributed by atoms with Crippen molar-refractivity contribution >= 4 is 29.7 Å². The summed E-state index contributed by atoms with van der Waals surface area (Å²) in [5.74, 6) is 1.21. The molecule has 0 aliphatic carbocycles. The summed E-state index contributed by atoms with van der Waals surface area (Å²) in [5.41, 5.74) is 6.99. The number of halogens is 1. The Hall–Kier alpha value is -1.83. The van der Waals surface area contributed by atoms with Gasteiger partial charge in [0.2, 0.25) is 0 Å². The van der Waals surface area contributed by atoms with Gasteiger partial charge >= 0.3 is 0 Å². The van der Waals surface area contributed by atoms with Crippen molar-refractivity contribution in [1.82, 2.24) is 10.3 Å². The van der Waals surface area contributed by atoms with Crippen LogP contribution >= 0.6 is 23.7 Å². The Balaban J connectivity index is 0.00000288. The van der Waals surface area contributed by atoms with Crippen LogP contribution in [0.2, 0.25) is 0 Å². The molecule has 0 unspecified atom stereocenters. The third kappa shape index (κ3) is 5.36. The van der Waals surface area contributed by atoms with E-state index in [-0.39, 0.29) is 18.3 Å². The van der Waals surface area contributed by atoms with Crippen molar-refractivity contribution in [2.75, 3.05) is 27.3 Å². The molecule has 1 amide bonds. The first-order valence-electron chi connectivity index (χ1n) is 7.31. The maximum absolute atomic E-state index is 12.0. The maximum Gasteiger partial charge on any atom is 0.270 e. The fraction of sp³-hybridized carbons (Fsp3) is 0.375. The molecule has 0 atom stereocenters. The second kappa shape index (κ2) is 10.1. The standard InChI is InChI=1S/C16H21N3O3S.ClH/c1-21-13-4-3-11(9-14(13)22-2)6-8-18-16(20)12-10-23-15(19-12)5-7-17;/h3-4,9-10H,5-8,17H2,1-2H3,(H,18,20);1H. The van der Waals surface area contributed by atoms with Crippen molar-refractivity contribution in [3.05, 3.63) is 39.8 Å². The summed E-state index contributed by atoms with van der Waals surface area (Å²) >= 11 is 1.46. The molecule has 0 fully saturated rings. The number of rotatable bonds is 8. The van der Waals surface area contributed by atoms with Gasteiger partial charge in [-0.15, -0.1) is 23.7 Å². The molecular formula is C16H22ClN3O3S. The smallest absolute Gasteiger partial charge is 0.270 e. The lowest BCUT2D eigenvalue weighted by Gasteiger charge is -2.09. The van der Waals surface area contributed by atoms with E-state index in [0.29, 0.717) is 43.1 Å². The molecule has 0 saturated carbocycles. The van der Waals surface area contributed by atoms with Crippen molar-refractivity contribution in [3.8, 4) is 11.5 Å². The Morgan fingerprint density at radius 1 is 1.25 bits per heavy atom. The minimum absolute atomic E-state index is 0. The topological polar surface area (TPSA) is 86.5 Å². The zero-order chi connectivity index (χ0) is 16.7. The van der Waals surface area contributed by atoms with Crippen molar-refractivity contribution in [3.63, 3.8) is 0 Å². The third-order valence-electron chi connectivity index (χ3n) is 3.29. The van der Waals surface area contributed by atoms with Crippen molar-refractivity contribution in [2.24, 2.45) is 5.73 Å². The van der Waals surface area contributed by atoms with Crippen LogP contribution in [0.15, 0.2) is 23.6 Å². The highest BCUT2D eigenvalue weighted by molar-refractivity contribution is 7.09. The SMILES string of the molecule is COc1ccc(CCNC(=O)c2csc(CCN)n2)cc1OC.Cl. The molecule has 0 saturated heterocycles. The summed E-state index contributed by atoms with van der Waals surface area (Å²) in [7, 11) is 3.20. The Labute approximate surface area is 151 Å². The van der Waals surface area contributed by atoms with Crippen LogP contribution in [0.3, 0.4) is 0 Å². The molecule has 1 aromatic carbocycles. The van der Waals surface area contributed by atoms with E-state index in [0.717, 1.165) is 10.6 Å². The van der Waals surface area contributed by atoms with Gasteiger partial charge in [-0.25, -0.2) is 4.98 Å². The van der Waals surface area contributed by atoms with Gasteiger partial charge in [-0.05, 0) is 30.7 Å². The maximum atomic E-state index is 12.0. The first-order chi connectivity index (χ1) is 11.2. The number of aromatic nitrogens is 1. The summed E-state index contributed by atoms with van der Waals surface area (Å²) in [5, 5.41) is 5.52. The second-order valence-corrected chi connectivity index (χ2v) is 5.80. The van der Waals surface area contributed by atoms with Gasteiger partial charge in [0, 0.05) is 18.3 Å². The Morgan fingerprint density at radius 2 is 2.00 bits per heavy atom. The van der Waals surface area contributed by atoms with E-state index in [9.17, 15) is 4.79 Å². The van der Waals surface area contributed by atoms with E-state index in [1.54, 1.807) is 19.6 Å².